The van der Waals surface area contributed by atoms with Crippen molar-refractivity contribution in [3.63, 3.8) is 0 Å². The molecule has 10 heteroatoms. The van der Waals surface area contributed by atoms with Gasteiger partial charge in [0.2, 0.25) is 0 Å². The molecule has 2 N–H and O–H groups in total. The Balaban J connectivity index is 5.01. The fraction of sp³-hybridized carbons (Fsp3) is 1.00. The van der Waals surface area contributed by atoms with Gasteiger partial charge in [-0.05, 0) is 33.4 Å². The Morgan fingerprint density at radius 3 is 1.57 bits per heavy atom. The molecular formula is C18H32F8N2. The van der Waals surface area contributed by atoms with Crippen LogP contribution in [0.4, 0.5) is 35.1 Å². The van der Waals surface area contributed by atoms with Crippen LogP contribution in [0.3, 0.4) is 0 Å². The molecule has 0 rings (SSSR count). The molecule has 170 valence electrons. The van der Waals surface area contributed by atoms with Gasteiger partial charge in [-0.25, -0.2) is 0 Å². The van der Waals surface area contributed by atoms with Gasteiger partial charge in [0, 0.05) is 25.4 Å². The zero-order chi connectivity index (χ0) is 22.1. The summed E-state index contributed by atoms with van der Waals surface area (Å²) in [6.07, 6.45) is -2.00. The summed E-state index contributed by atoms with van der Waals surface area (Å²) in [7, 11) is 3.13. The van der Waals surface area contributed by atoms with Crippen LogP contribution in [0.5, 0.6) is 0 Å². The van der Waals surface area contributed by atoms with Gasteiger partial charge in [-0.15, -0.1) is 0 Å². The molecule has 28 heavy (non-hydrogen) atoms. The van der Waals surface area contributed by atoms with Crippen molar-refractivity contribution in [3.8, 4) is 0 Å². The van der Waals surface area contributed by atoms with E-state index < -0.39 is 49.4 Å². The van der Waals surface area contributed by atoms with Gasteiger partial charge in [-0.2, -0.15) is 35.1 Å². The largest absolute Gasteiger partial charge is 0.378 e. The Morgan fingerprint density at radius 2 is 1.14 bits per heavy atom. The molecule has 0 bridgehead atoms. The van der Waals surface area contributed by atoms with Crippen molar-refractivity contribution < 1.29 is 35.1 Å². The van der Waals surface area contributed by atoms with E-state index in [1.165, 1.54) is 7.05 Å². The first-order valence-corrected chi connectivity index (χ1v) is 9.63. The minimum Gasteiger partial charge on any atom is -0.318 e. The van der Waals surface area contributed by atoms with E-state index in [9.17, 15) is 35.1 Å². The molecule has 0 aromatic rings. The van der Waals surface area contributed by atoms with Gasteiger partial charge in [0.15, 0.2) is 0 Å². The highest BCUT2D eigenvalue weighted by atomic mass is 19.4. The second-order valence-electron chi connectivity index (χ2n) is 7.16. The van der Waals surface area contributed by atoms with Crippen LogP contribution >= 0.6 is 0 Å². The highest BCUT2D eigenvalue weighted by molar-refractivity contribution is 5.03. The monoisotopic (exact) mass is 428 g/mol. The van der Waals surface area contributed by atoms with Gasteiger partial charge >= 0.3 is 23.7 Å². The van der Waals surface area contributed by atoms with Crippen molar-refractivity contribution in [2.75, 3.05) is 20.6 Å². The maximum atomic E-state index is 13.9. The Labute approximate surface area is 161 Å². The first-order chi connectivity index (χ1) is 12.8. The lowest BCUT2D eigenvalue weighted by Crippen LogP contribution is -2.62. The summed E-state index contributed by atoms with van der Waals surface area (Å²) in [5.41, 5.74) is 0. The van der Waals surface area contributed by atoms with Crippen LogP contribution in [0.15, 0.2) is 0 Å². The molecule has 0 saturated heterocycles. The number of hydrogen-bond acceptors (Lipinski definition) is 2. The van der Waals surface area contributed by atoms with Crippen molar-refractivity contribution in [1.29, 1.82) is 0 Å². The maximum Gasteiger partial charge on any atom is 0.378 e. The number of rotatable bonds is 16. The van der Waals surface area contributed by atoms with Crippen LogP contribution < -0.4 is 10.6 Å². The molecular weight excluding hydrogens is 396 g/mol. The van der Waals surface area contributed by atoms with Crippen LogP contribution in [-0.2, 0) is 0 Å². The molecule has 1 unspecified atom stereocenters. The molecule has 0 fully saturated rings. The van der Waals surface area contributed by atoms with Crippen LogP contribution in [0, 0.1) is 0 Å². The van der Waals surface area contributed by atoms with Gasteiger partial charge in [0.25, 0.3) is 0 Å². The Bertz CT molecular complexity index is 430. The van der Waals surface area contributed by atoms with Crippen molar-refractivity contribution in [2.24, 2.45) is 0 Å². The molecule has 0 aliphatic carbocycles. The van der Waals surface area contributed by atoms with Crippen molar-refractivity contribution >= 4 is 0 Å². The van der Waals surface area contributed by atoms with Gasteiger partial charge in [0.05, 0.1) is 0 Å². The third-order valence-electron chi connectivity index (χ3n) is 4.81. The molecule has 0 heterocycles. The Morgan fingerprint density at radius 1 is 0.679 bits per heavy atom. The average Bonchev–Trinajstić information content (AvgIpc) is 2.60. The highest BCUT2D eigenvalue weighted by Gasteiger charge is 2.79. The van der Waals surface area contributed by atoms with Crippen molar-refractivity contribution in [1.82, 2.24) is 10.6 Å². The molecule has 0 spiro atoms. The number of likely N-dealkylation sites (N-methyl/N-ethyl adjacent to an activating group) is 2. The number of nitrogens with one attached hydrogen (secondary N) is 2. The van der Waals surface area contributed by atoms with E-state index in [1.807, 2.05) is 6.92 Å². The average molecular weight is 428 g/mol. The summed E-state index contributed by atoms with van der Waals surface area (Å²) >= 11 is 0. The second-order valence-corrected chi connectivity index (χ2v) is 7.16. The van der Waals surface area contributed by atoms with E-state index in [0.29, 0.717) is 19.4 Å². The minimum absolute atomic E-state index is 0.00238. The van der Waals surface area contributed by atoms with Gasteiger partial charge in [-0.1, -0.05) is 32.6 Å². The SMILES string of the molecule is CCCCCCCC(F)(F)C(F)(F)C(F)(F)C(F)(F)CCCC(CNC)NC. The molecule has 0 aromatic carbocycles. The van der Waals surface area contributed by atoms with Crippen molar-refractivity contribution in [2.45, 2.75) is 94.4 Å². The van der Waals surface area contributed by atoms with E-state index in [0.717, 1.165) is 6.42 Å². The molecule has 0 radical (unpaired) electrons. The lowest BCUT2D eigenvalue weighted by atomic mass is 9.92. The van der Waals surface area contributed by atoms with E-state index in [2.05, 4.69) is 10.6 Å². The summed E-state index contributed by atoms with van der Waals surface area (Å²) in [6, 6.07) is -0.334. The summed E-state index contributed by atoms with van der Waals surface area (Å²) < 4.78 is 111. The third-order valence-corrected chi connectivity index (χ3v) is 4.81. The lowest BCUT2D eigenvalue weighted by molar-refractivity contribution is -0.368. The first kappa shape index (κ1) is 27.4. The molecule has 0 saturated carbocycles. The molecule has 0 aliphatic rings. The minimum atomic E-state index is -6.15. The predicted molar refractivity (Wildman–Crippen MR) is 93.8 cm³/mol. The molecule has 0 aliphatic heterocycles. The summed E-state index contributed by atoms with van der Waals surface area (Å²) in [5, 5.41) is 5.51. The number of alkyl halides is 8. The molecule has 2 nitrogen and oxygen atoms in total. The normalized spacial score (nSPS) is 15.1. The Hall–Kier alpha value is -0.640. The number of unbranched alkanes of at least 4 members (excludes halogenated alkanes) is 4. The standard InChI is InChI=1S/C18H32F8N2/c1-4-5-6-7-8-11-15(19,20)17(23,24)18(25,26)16(21,22)12-9-10-14(28-3)13-27-2/h14,27-28H,4-13H2,1-3H3. The predicted octanol–water partition coefficient (Wildman–Crippen LogP) is 5.87. The molecule has 0 amide bonds. The third kappa shape index (κ3) is 7.00. The van der Waals surface area contributed by atoms with E-state index in [1.54, 1.807) is 7.05 Å². The Kier molecular flexibility index (Phi) is 11.3. The van der Waals surface area contributed by atoms with Gasteiger partial charge in [0.1, 0.15) is 0 Å². The summed E-state index contributed by atoms with van der Waals surface area (Å²) in [6.45, 7) is 2.20. The van der Waals surface area contributed by atoms with Crippen LogP contribution in [0.25, 0.3) is 0 Å². The topological polar surface area (TPSA) is 24.1 Å². The van der Waals surface area contributed by atoms with E-state index >= 15 is 0 Å². The summed E-state index contributed by atoms with van der Waals surface area (Å²) in [5.74, 6) is -22.8. The fourth-order valence-corrected chi connectivity index (χ4v) is 2.89. The van der Waals surface area contributed by atoms with Crippen LogP contribution in [0.1, 0.15) is 64.7 Å². The maximum absolute atomic E-state index is 13.9. The lowest BCUT2D eigenvalue weighted by Gasteiger charge is -2.37. The summed E-state index contributed by atoms with van der Waals surface area (Å²) in [4.78, 5) is 0. The second kappa shape index (κ2) is 11.5. The zero-order valence-electron chi connectivity index (χ0n) is 16.7. The smallest absolute Gasteiger partial charge is 0.318 e. The molecule has 1 atom stereocenters. The van der Waals surface area contributed by atoms with Crippen LogP contribution in [0.2, 0.25) is 0 Å². The highest BCUT2D eigenvalue weighted by Crippen LogP contribution is 2.55. The molecule has 0 aromatic heterocycles. The zero-order valence-corrected chi connectivity index (χ0v) is 16.7. The van der Waals surface area contributed by atoms with E-state index in [4.69, 9.17) is 0 Å². The number of halogens is 8. The fourth-order valence-electron chi connectivity index (χ4n) is 2.89. The van der Waals surface area contributed by atoms with Gasteiger partial charge < -0.3 is 10.6 Å². The van der Waals surface area contributed by atoms with Gasteiger partial charge in [-0.3, -0.25) is 0 Å². The first-order valence-electron chi connectivity index (χ1n) is 9.63. The van der Waals surface area contributed by atoms with Crippen LogP contribution in [-0.4, -0.2) is 50.4 Å². The quantitative estimate of drug-likeness (QED) is 0.238. The number of hydrogen-bond donors (Lipinski definition) is 2. The van der Waals surface area contributed by atoms with Crippen molar-refractivity contribution in [3.05, 3.63) is 0 Å². The van der Waals surface area contributed by atoms with E-state index in [-0.39, 0.29) is 18.9 Å².